The molecule has 0 spiro atoms. The van der Waals surface area contributed by atoms with Crippen molar-refractivity contribution in [3.8, 4) is 0 Å². The largest absolute Gasteiger partial charge is 0.361 e. The van der Waals surface area contributed by atoms with E-state index in [-0.39, 0.29) is 0 Å². The van der Waals surface area contributed by atoms with E-state index in [9.17, 15) is 0 Å². The van der Waals surface area contributed by atoms with Gasteiger partial charge in [0.05, 0.1) is 5.69 Å². The molecule has 1 N–H and O–H groups in total. The highest BCUT2D eigenvalue weighted by molar-refractivity contribution is 5.80. The average molecular weight is 319 g/mol. The maximum Gasteiger partial charge on any atom is 0.194 e. The Morgan fingerprint density at radius 3 is 2.65 bits per heavy atom. The molecule has 6 heteroatoms. The molecule has 1 aromatic rings. The first-order valence-electron chi connectivity index (χ1n) is 8.76. The summed E-state index contributed by atoms with van der Waals surface area (Å²) in [5, 5.41) is 7.54. The van der Waals surface area contributed by atoms with Crippen LogP contribution in [0.1, 0.15) is 38.1 Å². The van der Waals surface area contributed by atoms with Crippen LogP contribution in [0.3, 0.4) is 0 Å². The molecule has 3 rings (SSSR count). The quantitative estimate of drug-likeness (QED) is 0.663. The highest BCUT2D eigenvalue weighted by atomic mass is 16.5. The lowest BCUT2D eigenvalue weighted by Gasteiger charge is -2.36. The van der Waals surface area contributed by atoms with Crippen molar-refractivity contribution >= 4 is 5.96 Å². The van der Waals surface area contributed by atoms with Crippen LogP contribution >= 0.6 is 0 Å². The number of rotatable bonds is 5. The first kappa shape index (κ1) is 16.3. The summed E-state index contributed by atoms with van der Waals surface area (Å²) >= 11 is 0. The van der Waals surface area contributed by atoms with Crippen molar-refractivity contribution in [3.63, 3.8) is 0 Å². The second-order valence-corrected chi connectivity index (χ2v) is 7.17. The Hall–Kier alpha value is -1.56. The predicted molar refractivity (Wildman–Crippen MR) is 91.4 cm³/mol. The van der Waals surface area contributed by atoms with Crippen LogP contribution in [0.5, 0.6) is 0 Å². The average Bonchev–Trinajstić information content (AvgIpc) is 3.14. The first-order valence-corrected chi connectivity index (χ1v) is 8.76. The third-order valence-corrected chi connectivity index (χ3v) is 4.78. The number of nitrogens with zero attached hydrogens (tertiary/aromatic N) is 4. The molecule has 0 aromatic carbocycles. The van der Waals surface area contributed by atoms with Gasteiger partial charge < -0.3 is 14.7 Å². The zero-order chi connectivity index (χ0) is 16.3. The predicted octanol–water partition coefficient (Wildman–Crippen LogP) is 1.87. The molecular weight excluding hydrogens is 290 g/mol. The van der Waals surface area contributed by atoms with Gasteiger partial charge in [-0.3, -0.25) is 9.89 Å². The monoisotopic (exact) mass is 319 g/mol. The van der Waals surface area contributed by atoms with Gasteiger partial charge in [-0.1, -0.05) is 12.1 Å². The molecule has 1 aliphatic heterocycles. The van der Waals surface area contributed by atoms with Gasteiger partial charge >= 0.3 is 0 Å². The molecule has 1 aliphatic carbocycles. The van der Waals surface area contributed by atoms with Crippen LogP contribution in [-0.2, 0) is 6.54 Å². The SMILES string of the molecule is CCNC(=NCC1(C)CC1)N1CCN(Cc2cc(C)on2)CC1. The van der Waals surface area contributed by atoms with Gasteiger partial charge in [0.25, 0.3) is 0 Å². The molecule has 0 amide bonds. The van der Waals surface area contributed by atoms with Crippen LogP contribution in [0, 0.1) is 12.3 Å². The fourth-order valence-corrected chi connectivity index (χ4v) is 2.90. The molecular formula is C17H29N5O. The number of hydrogen-bond acceptors (Lipinski definition) is 4. The number of piperazine rings is 1. The van der Waals surface area contributed by atoms with Crippen molar-refractivity contribution in [1.82, 2.24) is 20.3 Å². The maximum absolute atomic E-state index is 5.15. The highest BCUT2D eigenvalue weighted by Crippen LogP contribution is 2.45. The van der Waals surface area contributed by atoms with Gasteiger partial charge in [0.1, 0.15) is 5.76 Å². The van der Waals surface area contributed by atoms with E-state index < -0.39 is 0 Å². The molecule has 6 nitrogen and oxygen atoms in total. The Labute approximate surface area is 138 Å². The van der Waals surface area contributed by atoms with Crippen molar-refractivity contribution in [2.75, 3.05) is 39.3 Å². The summed E-state index contributed by atoms with van der Waals surface area (Å²) in [5.41, 5.74) is 1.49. The van der Waals surface area contributed by atoms with Gasteiger partial charge in [0, 0.05) is 51.9 Å². The normalized spacial score (nSPS) is 21.5. The Morgan fingerprint density at radius 1 is 1.35 bits per heavy atom. The standard InChI is InChI=1S/C17H29N5O/c1-4-18-16(19-13-17(3)5-6-17)22-9-7-21(8-10-22)12-15-11-14(2)23-20-15/h11H,4-10,12-13H2,1-3H3,(H,18,19). The van der Waals surface area contributed by atoms with Crippen LogP contribution in [0.2, 0.25) is 0 Å². The Kier molecular flexibility index (Phi) is 4.90. The van der Waals surface area contributed by atoms with E-state index in [1.165, 1.54) is 12.8 Å². The number of guanidine groups is 1. The van der Waals surface area contributed by atoms with Gasteiger partial charge in [0.15, 0.2) is 5.96 Å². The summed E-state index contributed by atoms with van der Waals surface area (Å²) in [6, 6.07) is 2.02. The smallest absolute Gasteiger partial charge is 0.194 e. The fraction of sp³-hybridized carbons (Fsp3) is 0.765. The minimum absolute atomic E-state index is 0.466. The summed E-state index contributed by atoms with van der Waals surface area (Å²) in [6.45, 7) is 13.3. The molecule has 0 bridgehead atoms. The third-order valence-electron chi connectivity index (χ3n) is 4.78. The minimum Gasteiger partial charge on any atom is -0.361 e. The van der Waals surface area contributed by atoms with Gasteiger partial charge in [-0.15, -0.1) is 0 Å². The van der Waals surface area contributed by atoms with Crippen LogP contribution < -0.4 is 5.32 Å². The summed E-state index contributed by atoms with van der Waals surface area (Å²) < 4.78 is 5.15. The topological polar surface area (TPSA) is 56.9 Å². The molecule has 1 aromatic heterocycles. The van der Waals surface area contributed by atoms with Crippen molar-refractivity contribution in [2.45, 2.75) is 40.2 Å². The number of aryl methyl sites for hydroxylation is 1. The fourth-order valence-electron chi connectivity index (χ4n) is 2.90. The second kappa shape index (κ2) is 6.91. The van der Waals surface area contributed by atoms with Gasteiger partial charge in [0.2, 0.25) is 0 Å². The highest BCUT2D eigenvalue weighted by Gasteiger charge is 2.37. The molecule has 128 valence electrons. The molecule has 1 saturated carbocycles. The lowest BCUT2D eigenvalue weighted by atomic mass is 10.1. The number of nitrogens with one attached hydrogen (secondary N) is 1. The molecule has 0 atom stereocenters. The second-order valence-electron chi connectivity index (χ2n) is 7.17. The van der Waals surface area contributed by atoms with Crippen molar-refractivity contribution < 1.29 is 4.52 Å². The third kappa shape index (κ3) is 4.47. The lowest BCUT2D eigenvalue weighted by molar-refractivity contribution is 0.169. The van der Waals surface area contributed by atoms with Crippen molar-refractivity contribution in [2.24, 2.45) is 10.4 Å². The van der Waals surface area contributed by atoms with Crippen LogP contribution in [0.15, 0.2) is 15.6 Å². The lowest BCUT2D eigenvalue weighted by Crippen LogP contribution is -2.52. The van der Waals surface area contributed by atoms with E-state index >= 15 is 0 Å². The van der Waals surface area contributed by atoms with Gasteiger partial charge in [-0.2, -0.15) is 0 Å². The molecule has 2 aliphatic rings. The number of aliphatic imine (C=N–C) groups is 1. The number of hydrogen-bond donors (Lipinski definition) is 1. The Balaban J connectivity index is 1.51. The van der Waals surface area contributed by atoms with Crippen molar-refractivity contribution in [3.05, 3.63) is 17.5 Å². The van der Waals surface area contributed by atoms with E-state index in [2.05, 4.69) is 34.1 Å². The van der Waals surface area contributed by atoms with Crippen LogP contribution in [0.25, 0.3) is 0 Å². The summed E-state index contributed by atoms with van der Waals surface area (Å²) in [4.78, 5) is 9.69. The van der Waals surface area contributed by atoms with Crippen LogP contribution in [-0.4, -0.2) is 60.2 Å². The minimum atomic E-state index is 0.466. The zero-order valence-electron chi connectivity index (χ0n) is 14.6. The summed E-state index contributed by atoms with van der Waals surface area (Å²) in [6.07, 6.45) is 2.64. The van der Waals surface area contributed by atoms with E-state index in [1.807, 2.05) is 13.0 Å². The molecule has 2 heterocycles. The molecule has 23 heavy (non-hydrogen) atoms. The maximum atomic E-state index is 5.15. The van der Waals surface area contributed by atoms with Crippen molar-refractivity contribution in [1.29, 1.82) is 0 Å². The molecule has 2 fully saturated rings. The number of aromatic nitrogens is 1. The van der Waals surface area contributed by atoms with E-state index in [4.69, 9.17) is 9.52 Å². The zero-order valence-corrected chi connectivity index (χ0v) is 14.6. The first-order chi connectivity index (χ1) is 11.1. The van der Waals surface area contributed by atoms with Gasteiger partial charge in [-0.05, 0) is 32.1 Å². The van der Waals surface area contributed by atoms with E-state index in [1.54, 1.807) is 0 Å². The van der Waals surface area contributed by atoms with Crippen LogP contribution in [0.4, 0.5) is 0 Å². The Morgan fingerprint density at radius 2 is 2.09 bits per heavy atom. The van der Waals surface area contributed by atoms with Gasteiger partial charge in [-0.25, -0.2) is 0 Å². The summed E-state index contributed by atoms with van der Waals surface area (Å²) in [7, 11) is 0. The summed E-state index contributed by atoms with van der Waals surface area (Å²) in [5.74, 6) is 1.96. The molecule has 0 unspecified atom stereocenters. The van der Waals surface area contributed by atoms with E-state index in [0.717, 1.165) is 63.2 Å². The Bertz CT molecular complexity index is 541. The molecule has 1 saturated heterocycles. The van der Waals surface area contributed by atoms with E-state index in [0.29, 0.717) is 5.41 Å². The molecule has 0 radical (unpaired) electrons.